The maximum atomic E-state index is 4.69. The molecule has 0 aromatic carbocycles. The van der Waals surface area contributed by atoms with Gasteiger partial charge < -0.3 is 10.6 Å². The van der Waals surface area contributed by atoms with Crippen LogP contribution in [0.15, 0.2) is 0 Å². The summed E-state index contributed by atoms with van der Waals surface area (Å²) in [6.45, 7) is 21.0. The van der Waals surface area contributed by atoms with Crippen LogP contribution in [-0.2, 0) is 0 Å². The molecule has 156 valence electrons. The molecule has 27 heavy (non-hydrogen) atoms. The fraction of sp³-hybridized carbons (Fsp3) is 0.864. The number of hydrogen-bond donors (Lipinski definition) is 2. The number of nitrogens with one attached hydrogen (secondary N) is 2. The Labute approximate surface area is 167 Å². The number of unbranched alkanes of at least 4 members (excludes halogenated alkanes) is 1. The van der Waals surface area contributed by atoms with Gasteiger partial charge in [-0.25, -0.2) is 0 Å². The second-order valence-electron chi connectivity index (χ2n) is 9.60. The predicted octanol–water partition coefficient (Wildman–Crippen LogP) is 6.22. The van der Waals surface area contributed by atoms with Crippen molar-refractivity contribution < 1.29 is 0 Å². The molecule has 1 aromatic heterocycles. The van der Waals surface area contributed by atoms with Gasteiger partial charge >= 0.3 is 0 Å². The molecule has 0 radical (unpaired) electrons. The van der Waals surface area contributed by atoms with E-state index in [0.717, 1.165) is 31.6 Å². The van der Waals surface area contributed by atoms with Gasteiger partial charge in [0.2, 0.25) is 11.9 Å². The second-order valence-corrected chi connectivity index (χ2v) is 9.60. The normalized spacial score (nSPS) is 14.7. The van der Waals surface area contributed by atoms with E-state index < -0.39 is 0 Å². The van der Waals surface area contributed by atoms with Crippen molar-refractivity contribution in [3.05, 3.63) is 5.82 Å². The van der Waals surface area contributed by atoms with Gasteiger partial charge in [0.15, 0.2) is 0 Å². The van der Waals surface area contributed by atoms with Crippen molar-refractivity contribution in [2.75, 3.05) is 17.2 Å². The number of anilines is 2. The Morgan fingerprint density at radius 3 is 2.00 bits per heavy atom. The molecule has 1 aromatic rings. The number of nitrogens with zero attached hydrogens (tertiary/aromatic N) is 3. The largest absolute Gasteiger partial charge is 0.354 e. The van der Waals surface area contributed by atoms with Crippen molar-refractivity contribution >= 4 is 11.9 Å². The van der Waals surface area contributed by atoms with Gasteiger partial charge in [-0.05, 0) is 43.9 Å². The minimum Gasteiger partial charge on any atom is -0.354 e. The summed E-state index contributed by atoms with van der Waals surface area (Å²) in [4.78, 5) is 13.8. The van der Waals surface area contributed by atoms with Gasteiger partial charge in [-0.2, -0.15) is 15.0 Å². The van der Waals surface area contributed by atoms with Crippen molar-refractivity contribution in [1.29, 1.82) is 0 Å². The monoisotopic (exact) mass is 377 g/mol. The summed E-state index contributed by atoms with van der Waals surface area (Å²) in [5, 5.41) is 7.10. The van der Waals surface area contributed by atoms with E-state index in [1.165, 1.54) is 19.3 Å². The summed E-state index contributed by atoms with van der Waals surface area (Å²) in [7, 11) is 0. The van der Waals surface area contributed by atoms with Crippen molar-refractivity contribution in [3.63, 3.8) is 0 Å². The Balaban J connectivity index is 2.97. The van der Waals surface area contributed by atoms with Gasteiger partial charge in [0.1, 0.15) is 5.82 Å². The molecule has 2 N–H and O–H groups in total. The Morgan fingerprint density at radius 1 is 0.815 bits per heavy atom. The van der Waals surface area contributed by atoms with E-state index in [1.54, 1.807) is 0 Å². The Hall–Kier alpha value is -1.39. The highest BCUT2D eigenvalue weighted by Gasteiger charge is 2.39. The van der Waals surface area contributed by atoms with Crippen LogP contribution >= 0.6 is 0 Å². The van der Waals surface area contributed by atoms with Crippen LogP contribution in [0.2, 0.25) is 0 Å². The standard InChI is InChI=1S/C22H43N5/c1-10-13-15-20(5,6)16-23-18-24-17(4)25-19(26-18)27-22(9,14-11-2)21(7,8)12-3/h10-16H2,1-9H3,(H2,23,24,25,26,27). The van der Waals surface area contributed by atoms with Gasteiger partial charge in [0.25, 0.3) is 0 Å². The summed E-state index contributed by atoms with van der Waals surface area (Å²) in [6.07, 6.45) is 6.96. The minimum atomic E-state index is -0.0675. The van der Waals surface area contributed by atoms with E-state index in [4.69, 9.17) is 0 Å². The highest BCUT2D eigenvalue weighted by molar-refractivity contribution is 5.37. The van der Waals surface area contributed by atoms with Crippen LogP contribution < -0.4 is 10.6 Å². The molecule has 1 atom stereocenters. The molecule has 1 heterocycles. The third-order valence-corrected chi connectivity index (χ3v) is 6.19. The van der Waals surface area contributed by atoms with Crippen LogP contribution in [0.4, 0.5) is 11.9 Å². The average Bonchev–Trinajstić information content (AvgIpc) is 2.58. The van der Waals surface area contributed by atoms with Crippen molar-refractivity contribution in [3.8, 4) is 0 Å². The lowest BCUT2D eigenvalue weighted by atomic mass is 9.69. The average molecular weight is 378 g/mol. The van der Waals surface area contributed by atoms with Gasteiger partial charge in [-0.1, -0.05) is 67.7 Å². The lowest BCUT2D eigenvalue weighted by Gasteiger charge is -2.44. The third kappa shape index (κ3) is 6.93. The first-order valence-corrected chi connectivity index (χ1v) is 10.7. The van der Waals surface area contributed by atoms with E-state index in [9.17, 15) is 0 Å². The van der Waals surface area contributed by atoms with Crippen molar-refractivity contribution in [2.45, 2.75) is 106 Å². The topological polar surface area (TPSA) is 62.7 Å². The highest BCUT2D eigenvalue weighted by atomic mass is 15.2. The molecule has 0 aliphatic heterocycles. The van der Waals surface area contributed by atoms with E-state index in [0.29, 0.717) is 11.9 Å². The first kappa shape index (κ1) is 23.6. The molecule has 0 fully saturated rings. The summed E-state index contributed by atoms with van der Waals surface area (Å²) in [5.74, 6) is 2.09. The number of rotatable bonds is 12. The zero-order chi connectivity index (χ0) is 20.7. The number of hydrogen-bond acceptors (Lipinski definition) is 5. The number of aryl methyl sites for hydroxylation is 1. The predicted molar refractivity (Wildman–Crippen MR) is 117 cm³/mol. The van der Waals surface area contributed by atoms with E-state index >= 15 is 0 Å². The van der Waals surface area contributed by atoms with Gasteiger partial charge in [0, 0.05) is 12.1 Å². The van der Waals surface area contributed by atoms with Crippen molar-refractivity contribution in [2.24, 2.45) is 10.8 Å². The molecule has 0 amide bonds. The fourth-order valence-corrected chi connectivity index (χ4v) is 3.39. The smallest absolute Gasteiger partial charge is 0.228 e. The quantitative estimate of drug-likeness (QED) is 0.453. The summed E-state index contributed by atoms with van der Waals surface area (Å²) >= 11 is 0. The van der Waals surface area contributed by atoms with Crippen LogP contribution in [0, 0.1) is 17.8 Å². The zero-order valence-electron chi connectivity index (χ0n) is 19.3. The molecule has 0 bridgehead atoms. The molecule has 0 aliphatic carbocycles. The Kier molecular flexibility index (Phi) is 8.49. The number of aromatic nitrogens is 3. The van der Waals surface area contributed by atoms with E-state index in [1.807, 2.05) is 6.92 Å². The molecule has 0 saturated heterocycles. The SMILES string of the molecule is CCCCC(C)(C)CNc1nc(C)nc(NC(C)(CCC)C(C)(C)CC)n1. The zero-order valence-corrected chi connectivity index (χ0v) is 19.3. The molecular formula is C22H43N5. The maximum Gasteiger partial charge on any atom is 0.228 e. The molecular weight excluding hydrogens is 334 g/mol. The third-order valence-electron chi connectivity index (χ3n) is 6.19. The van der Waals surface area contributed by atoms with Crippen LogP contribution in [0.25, 0.3) is 0 Å². The Bertz CT molecular complexity index is 582. The lowest BCUT2D eigenvalue weighted by Crippen LogP contribution is -2.48. The molecule has 5 nitrogen and oxygen atoms in total. The first-order chi connectivity index (χ1) is 12.5. The molecule has 0 spiro atoms. The molecule has 0 aliphatic rings. The van der Waals surface area contributed by atoms with Gasteiger partial charge in [-0.15, -0.1) is 0 Å². The second kappa shape index (κ2) is 9.70. The molecule has 0 saturated carbocycles. The Morgan fingerprint density at radius 2 is 1.44 bits per heavy atom. The summed E-state index contributed by atoms with van der Waals surface area (Å²) in [6, 6.07) is 0. The van der Waals surface area contributed by atoms with Crippen LogP contribution in [-0.4, -0.2) is 27.0 Å². The van der Waals surface area contributed by atoms with Gasteiger partial charge in [0.05, 0.1) is 0 Å². The first-order valence-electron chi connectivity index (χ1n) is 10.7. The van der Waals surface area contributed by atoms with Crippen LogP contribution in [0.3, 0.4) is 0 Å². The van der Waals surface area contributed by atoms with E-state index in [2.05, 4.69) is 81.0 Å². The summed E-state index contributed by atoms with van der Waals surface area (Å²) in [5.41, 5.74) is 0.298. The highest BCUT2D eigenvalue weighted by Crippen LogP contribution is 2.39. The molecule has 1 rings (SSSR count). The maximum absolute atomic E-state index is 4.69. The molecule has 5 heteroatoms. The fourth-order valence-electron chi connectivity index (χ4n) is 3.39. The van der Waals surface area contributed by atoms with Crippen LogP contribution in [0.1, 0.15) is 99.7 Å². The minimum absolute atomic E-state index is 0.0675. The van der Waals surface area contributed by atoms with Crippen LogP contribution in [0.5, 0.6) is 0 Å². The van der Waals surface area contributed by atoms with E-state index in [-0.39, 0.29) is 16.4 Å². The lowest BCUT2D eigenvalue weighted by molar-refractivity contribution is 0.183. The van der Waals surface area contributed by atoms with Crippen molar-refractivity contribution in [1.82, 2.24) is 15.0 Å². The van der Waals surface area contributed by atoms with Gasteiger partial charge in [-0.3, -0.25) is 0 Å². The molecule has 1 unspecified atom stereocenters. The summed E-state index contributed by atoms with van der Waals surface area (Å²) < 4.78 is 0.